The molecule has 148 valence electrons. The van der Waals surface area contributed by atoms with Gasteiger partial charge in [0.25, 0.3) is 0 Å². The number of rotatable bonds is 8. The van der Waals surface area contributed by atoms with Crippen LogP contribution in [0.2, 0.25) is 0 Å². The average molecular weight is 386 g/mol. The van der Waals surface area contributed by atoms with E-state index in [9.17, 15) is 14.4 Å². The summed E-state index contributed by atoms with van der Waals surface area (Å²) >= 11 is 0. The first-order valence-corrected chi connectivity index (χ1v) is 8.79. The first-order valence-electron chi connectivity index (χ1n) is 8.79. The van der Waals surface area contributed by atoms with Gasteiger partial charge in [0.15, 0.2) is 0 Å². The molecule has 0 bridgehead atoms. The normalized spacial score (nSPS) is 10.1. The Morgan fingerprint density at radius 3 is 1.79 bits per heavy atom. The van der Waals surface area contributed by atoms with Gasteiger partial charge in [-0.05, 0) is 49.7 Å². The van der Waals surface area contributed by atoms with Crippen molar-refractivity contribution in [2.45, 2.75) is 20.3 Å². The van der Waals surface area contributed by atoms with Gasteiger partial charge in [-0.3, -0.25) is 4.79 Å². The fraction of sp³-hybridized carbons (Fsp3) is 0.286. The van der Waals surface area contributed by atoms with E-state index < -0.39 is 17.9 Å². The van der Waals surface area contributed by atoms with Crippen molar-refractivity contribution in [3.8, 4) is 11.5 Å². The van der Waals surface area contributed by atoms with Crippen LogP contribution >= 0.6 is 0 Å². The molecule has 28 heavy (non-hydrogen) atoms. The minimum absolute atomic E-state index is 0.0162. The minimum Gasteiger partial charge on any atom is -0.497 e. The summed E-state index contributed by atoms with van der Waals surface area (Å²) < 4.78 is 20.3. The Hall–Kier alpha value is -3.35. The van der Waals surface area contributed by atoms with Gasteiger partial charge in [-0.1, -0.05) is 12.1 Å². The number of carbonyl (C=O) groups is 3. The molecule has 0 aliphatic carbocycles. The summed E-state index contributed by atoms with van der Waals surface area (Å²) in [5.41, 5.74) is 0.928. The second-order valence-electron chi connectivity index (χ2n) is 5.69. The molecule has 0 amide bonds. The maximum atomic E-state index is 12.3. The summed E-state index contributed by atoms with van der Waals surface area (Å²) in [6.45, 7) is 3.69. The quantitative estimate of drug-likeness (QED) is 0.508. The van der Waals surface area contributed by atoms with Crippen molar-refractivity contribution in [1.82, 2.24) is 0 Å². The molecule has 0 spiro atoms. The minimum atomic E-state index is -0.624. The van der Waals surface area contributed by atoms with Gasteiger partial charge in [-0.15, -0.1) is 0 Å². The topological polar surface area (TPSA) is 88.1 Å². The summed E-state index contributed by atoms with van der Waals surface area (Å²) in [6, 6.07) is 11.0. The zero-order valence-corrected chi connectivity index (χ0v) is 16.0. The highest BCUT2D eigenvalue weighted by molar-refractivity contribution is 5.96. The zero-order chi connectivity index (χ0) is 20.5. The summed E-state index contributed by atoms with van der Waals surface area (Å²) in [7, 11) is 1.56. The van der Waals surface area contributed by atoms with E-state index >= 15 is 0 Å². The van der Waals surface area contributed by atoms with Crippen LogP contribution in [0.3, 0.4) is 0 Å². The smallest absolute Gasteiger partial charge is 0.338 e. The number of esters is 3. The van der Waals surface area contributed by atoms with Crippen molar-refractivity contribution in [3.05, 3.63) is 59.2 Å². The summed E-state index contributed by atoms with van der Waals surface area (Å²) in [5.74, 6) is -1.05. The zero-order valence-electron chi connectivity index (χ0n) is 16.0. The Balaban J connectivity index is 2.20. The maximum absolute atomic E-state index is 12.3. The van der Waals surface area contributed by atoms with E-state index in [0.29, 0.717) is 5.75 Å². The molecule has 0 unspecified atom stereocenters. The number of methoxy groups -OCH3 is 1. The molecule has 0 N–H and O–H groups in total. The van der Waals surface area contributed by atoms with E-state index in [1.54, 1.807) is 45.2 Å². The van der Waals surface area contributed by atoms with Crippen LogP contribution in [0.15, 0.2) is 42.5 Å². The Morgan fingerprint density at radius 1 is 0.786 bits per heavy atom. The molecule has 7 nitrogen and oxygen atoms in total. The first kappa shape index (κ1) is 21.0. The van der Waals surface area contributed by atoms with E-state index in [-0.39, 0.29) is 36.5 Å². The largest absolute Gasteiger partial charge is 0.497 e. The molecule has 7 heteroatoms. The second-order valence-corrected chi connectivity index (χ2v) is 5.69. The molecule has 0 fully saturated rings. The molecule has 0 saturated heterocycles. The third-order valence-corrected chi connectivity index (χ3v) is 3.67. The Morgan fingerprint density at radius 2 is 1.32 bits per heavy atom. The molecule has 0 aliphatic heterocycles. The first-order chi connectivity index (χ1) is 13.5. The third-order valence-electron chi connectivity index (χ3n) is 3.67. The standard InChI is InChI=1S/C21H22O7/c1-4-26-20(23)15-11-16(21(24)27-5-2)13-18(12-15)28-19(22)10-14-6-8-17(25-3)9-7-14/h6-9,11-13H,4-5,10H2,1-3H3. The molecule has 0 radical (unpaired) electrons. The van der Waals surface area contributed by atoms with Crippen LogP contribution in [0, 0.1) is 0 Å². The average Bonchev–Trinajstić information content (AvgIpc) is 2.68. The Bertz CT molecular complexity index is 804. The van der Waals surface area contributed by atoms with Gasteiger partial charge in [-0.25, -0.2) is 9.59 Å². The predicted molar refractivity (Wildman–Crippen MR) is 101 cm³/mol. The van der Waals surface area contributed by atoms with Gasteiger partial charge in [0.2, 0.25) is 0 Å². The molecule has 0 saturated carbocycles. The fourth-order valence-electron chi connectivity index (χ4n) is 2.40. The van der Waals surface area contributed by atoms with E-state index in [1.807, 2.05) is 0 Å². The lowest BCUT2D eigenvalue weighted by molar-refractivity contribution is -0.133. The number of ether oxygens (including phenoxy) is 4. The number of benzene rings is 2. The van der Waals surface area contributed by atoms with E-state index in [2.05, 4.69) is 0 Å². The molecule has 0 atom stereocenters. The summed E-state index contributed by atoms with van der Waals surface area (Å²) in [6.07, 6.45) is 0.0162. The number of hydrogen-bond donors (Lipinski definition) is 0. The highest BCUT2D eigenvalue weighted by Gasteiger charge is 2.17. The Kier molecular flexibility index (Phi) is 7.56. The molecule has 2 aromatic carbocycles. The van der Waals surface area contributed by atoms with Gasteiger partial charge in [0.05, 0.1) is 37.9 Å². The van der Waals surface area contributed by atoms with E-state index in [1.165, 1.54) is 18.2 Å². The molecule has 0 aromatic heterocycles. The fourth-order valence-corrected chi connectivity index (χ4v) is 2.40. The maximum Gasteiger partial charge on any atom is 0.338 e. The van der Waals surface area contributed by atoms with Crippen molar-refractivity contribution in [2.75, 3.05) is 20.3 Å². The van der Waals surface area contributed by atoms with Crippen LogP contribution in [-0.4, -0.2) is 38.2 Å². The molecule has 0 heterocycles. The van der Waals surface area contributed by atoms with Crippen LogP contribution in [-0.2, 0) is 20.7 Å². The highest BCUT2D eigenvalue weighted by atomic mass is 16.5. The van der Waals surface area contributed by atoms with Crippen LogP contribution < -0.4 is 9.47 Å². The third kappa shape index (κ3) is 5.84. The number of carbonyl (C=O) groups excluding carboxylic acids is 3. The molecule has 0 aliphatic rings. The second kappa shape index (κ2) is 10.1. The van der Waals surface area contributed by atoms with E-state index in [0.717, 1.165) is 5.56 Å². The molecular formula is C21H22O7. The monoisotopic (exact) mass is 386 g/mol. The molecular weight excluding hydrogens is 364 g/mol. The van der Waals surface area contributed by atoms with Crippen molar-refractivity contribution >= 4 is 17.9 Å². The lowest BCUT2D eigenvalue weighted by Gasteiger charge is -2.10. The van der Waals surface area contributed by atoms with Crippen LogP contribution in [0.5, 0.6) is 11.5 Å². The van der Waals surface area contributed by atoms with Crippen LogP contribution in [0.25, 0.3) is 0 Å². The summed E-state index contributed by atoms with van der Waals surface area (Å²) in [5, 5.41) is 0. The lowest BCUT2D eigenvalue weighted by Crippen LogP contribution is -2.14. The van der Waals surface area contributed by atoms with Crippen molar-refractivity contribution in [1.29, 1.82) is 0 Å². The van der Waals surface area contributed by atoms with Gasteiger partial charge in [0.1, 0.15) is 11.5 Å². The lowest BCUT2D eigenvalue weighted by atomic mass is 10.1. The molecule has 2 aromatic rings. The van der Waals surface area contributed by atoms with Crippen molar-refractivity contribution in [3.63, 3.8) is 0 Å². The molecule has 2 rings (SSSR count). The number of hydrogen-bond acceptors (Lipinski definition) is 7. The van der Waals surface area contributed by atoms with Gasteiger partial charge >= 0.3 is 17.9 Å². The van der Waals surface area contributed by atoms with Gasteiger partial charge < -0.3 is 18.9 Å². The highest BCUT2D eigenvalue weighted by Crippen LogP contribution is 2.20. The predicted octanol–water partition coefficient (Wildman–Crippen LogP) is 3.20. The van der Waals surface area contributed by atoms with Crippen molar-refractivity contribution in [2.24, 2.45) is 0 Å². The van der Waals surface area contributed by atoms with E-state index in [4.69, 9.17) is 18.9 Å². The van der Waals surface area contributed by atoms with Crippen LogP contribution in [0.4, 0.5) is 0 Å². The van der Waals surface area contributed by atoms with Crippen molar-refractivity contribution < 1.29 is 33.3 Å². The van der Waals surface area contributed by atoms with Gasteiger partial charge in [-0.2, -0.15) is 0 Å². The van der Waals surface area contributed by atoms with Gasteiger partial charge in [0, 0.05) is 0 Å². The Labute approximate surface area is 163 Å². The SMILES string of the molecule is CCOC(=O)c1cc(OC(=O)Cc2ccc(OC)cc2)cc(C(=O)OCC)c1. The van der Waals surface area contributed by atoms with Crippen LogP contribution in [0.1, 0.15) is 40.1 Å². The summed E-state index contributed by atoms with van der Waals surface area (Å²) in [4.78, 5) is 36.3.